The van der Waals surface area contributed by atoms with E-state index in [1.54, 1.807) is 0 Å². The maximum atomic E-state index is 9.90. The van der Waals surface area contributed by atoms with E-state index in [4.69, 9.17) is 4.74 Å². The Morgan fingerprint density at radius 3 is 2.82 bits per heavy atom. The van der Waals surface area contributed by atoms with Crippen molar-refractivity contribution in [2.24, 2.45) is 0 Å². The number of aromatic hydroxyl groups is 1. The van der Waals surface area contributed by atoms with Crippen LogP contribution in [0.3, 0.4) is 0 Å². The third kappa shape index (κ3) is 3.21. The largest absolute Gasteiger partial charge is 0.506 e. The lowest BCUT2D eigenvalue weighted by molar-refractivity contribution is 0.0445. The Bertz CT molecular complexity index is 389. The Morgan fingerprint density at radius 2 is 2.12 bits per heavy atom. The molecule has 0 spiro atoms. The van der Waals surface area contributed by atoms with Crippen molar-refractivity contribution in [1.82, 2.24) is 5.32 Å². The standard InChI is InChI=1S/C13H18BrNO2/c1-13(5-7-17-8-6-13)15-9-10-3-2-4-11(14)12(10)16/h2-4,15-16H,5-9H2,1H3. The van der Waals surface area contributed by atoms with Crippen molar-refractivity contribution in [3.63, 3.8) is 0 Å². The van der Waals surface area contributed by atoms with E-state index in [2.05, 4.69) is 28.2 Å². The number of rotatable bonds is 3. The summed E-state index contributed by atoms with van der Waals surface area (Å²) in [5.41, 5.74) is 1.04. The first-order chi connectivity index (χ1) is 8.11. The molecule has 1 heterocycles. The number of hydrogen-bond acceptors (Lipinski definition) is 3. The molecule has 0 radical (unpaired) electrons. The van der Waals surface area contributed by atoms with E-state index in [1.165, 1.54) is 0 Å². The molecule has 0 saturated carbocycles. The third-order valence-electron chi connectivity index (χ3n) is 3.37. The van der Waals surface area contributed by atoms with Crippen molar-refractivity contribution in [2.75, 3.05) is 13.2 Å². The molecule has 0 bridgehead atoms. The zero-order valence-electron chi connectivity index (χ0n) is 10.0. The van der Waals surface area contributed by atoms with Gasteiger partial charge in [0.05, 0.1) is 4.47 Å². The van der Waals surface area contributed by atoms with Gasteiger partial charge in [-0.15, -0.1) is 0 Å². The first kappa shape index (κ1) is 12.9. The molecule has 1 aliphatic heterocycles. The smallest absolute Gasteiger partial charge is 0.134 e. The number of phenols is 1. The highest BCUT2D eigenvalue weighted by atomic mass is 79.9. The average molecular weight is 300 g/mol. The third-order valence-corrected chi connectivity index (χ3v) is 4.01. The molecule has 2 N–H and O–H groups in total. The molecule has 0 atom stereocenters. The van der Waals surface area contributed by atoms with Gasteiger partial charge in [-0.25, -0.2) is 0 Å². The second-order valence-corrected chi connectivity index (χ2v) is 5.63. The van der Waals surface area contributed by atoms with E-state index in [1.807, 2.05) is 18.2 Å². The van der Waals surface area contributed by atoms with E-state index in [-0.39, 0.29) is 5.54 Å². The minimum atomic E-state index is 0.118. The lowest BCUT2D eigenvalue weighted by atomic mass is 9.92. The topological polar surface area (TPSA) is 41.5 Å². The Hall–Kier alpha value is -0.580. The second kappa shape index (κ2) is 5.38. The van der Waals surface area contributed by atoms with Crippen molar-refractivity contribution < 1.29 is 9.84 Å². The maximum Gasteiger partial charge on any atom is 0.134 e. The lowest BCUT2D eigenvalue weighted by Gasteiger charge is -2.34. The number of ether oxygens (including phenoxy) is 1. The second-order valence-electron chi connectivity index (χ2n) is 4.77. The maximum absolute atomic E-state index is 9.90. The molecule has 0 amide bonds. The van der Waals surface area contributed by atoms with Gasteiger partial charge in [0.2, 0.25) is 0 Å². The van der Waals surface area contributed by atoms with Crippen molar-refractivity contribution >= 4 is 15.9 Å². The minimum Gasteiger partial charge on any atom is -0.506 e. The fourth-order valence-electron chi connectivity index (χ4n) is 2.01. The fraction of sp³-hybridized carbons (Fsp3) is 0.538. The van der Waals surface area contributed by atoms with Crippen LogP contribution in [0.1, 0.15) is 25.3 Å². The summed E-state index contributed by atoms with van der Waals surface area (Å²) in [6, 6.07) is 5.72. The number of benzene rings is 1. The van der Waals surface area contributed by atoms with Crippen LogP contribution in [-0.2, 0) is 11.3 Å². The summed E-state index contributed by atoms with van der Waals surface area (Å²) in [5.74, 6) is 0.329. The van der Waals surface area contributed by atoms with Gasteiger partial charge in [0, 0.05) is 30.9 Å². The molecule has 4 heteroatoms. The van der Waals surface area contributed by atoms with Gasteiger partial charge in [0.25, 0.3) is 0 Å². The Labute approximate surface area is 110 Å². The Morgan fingerprint density at radius 1 is 1.41 bits per heavy atom. The average Bonchev–Trinajstić information content (AvgIpc) is 2.32. The molecule has 1 aliphatic rings. The highest BCUT2D eigenvalue weighted by Crippen LogP contribution is 2.28. The highest BCUT2D eigenvalue weighted by Gasteiger charge is 2.26. The highest BCUT2D eigenvalue weighted by molar-refractivity contribution is 9.10. The molecule has 2 rings (SSSR count). The summed E-state index contributed by atoms with van der Waals surface area (Å²) in [6.07, 6.45) is 2.03. The van der Waals surface area contributed by atoms with Gasteiger partial charge < -0.3 is 15.2 Å². The van der Waals surface area contributed by atoms with E-state index < -0.39 is 0 Å². The van der Waals surface area contributed by atoms with Gasteiger partial charge in [-0.3, -0.25) is 0 Å². The van der Waals surface area contributed by atoms with E-state index >= 15 is 0 Å². The van der Waals surface area contributed by atoms with Gasteiger partial charge in [-0.1, -0.05) is 12.1 Å². The van der Waals surface area contributed by atoms with Crippen LogP contribution in [0.25, 0.3) is 0 Å². The van der Waals surface area contributed by atoms with Crippen LogP contribution in [0.2, 0.25) is 0 Å². The molecular formula is C13H18BrNO2. The summed E-state index contributed by atoms with van der Waals surface area (Å²) in [5, 5.41) is 13.4. The van der Waals surface area contributed by atoms with E-state index in [0.717, 1.165) is 36.1 Å². The summed E-state index contributed by atoms with van der Waals surface area (Å²) < 4.78 is 6.11. The van der Waals surface area contributed by atoms with Crippen molar-refractivity contribution in [3.8, 4) is 5.75 Å². The molecule has 1 aromatic carbocycles. The number of para-hydroxylation sites is 1. The minimum absolute atomic E-state index is 0.118. The number of nitrogens with one attached hydrogen (secondary N) is 1. The first-order valence-corrected chi connectivity index (χ1v) is 6.69. The summed E-state index contributed by atoms with van der Waals surface area (Å²) in [6.45, 7) is 4.52. The fourth-order valence-corrected chi connectivity index (χ4v) is 2.42. The monoisotopic (exact) mass is 299 g/mol. The SMILES string of the molecule is CC1(NCc2cccc(Br)c2O)CCOCC1. The van der Waals surface area contributed by atoms with Crippen LogP contribution in [0.4, 0.5) is 0 Å². The molecule has 17 heavy (non-hydrogen) atoms. The van der Waals surface area contributed by atoms with Crippen LogP contribution in [0, 0.1) is 0 Å². The lowest BCUT2D eigenvalue weighted by Crippen LogP contribution is -2.46. The van der Waals surface area contributed by atoms with Gasteiger partial charge >= 0.3 is 0 Å². The van der Waals surface area contributed by atoms with Crippen LogP contribution in [0.5, 0.6) is 5.75 Å². The van der Waals surface area contributed by atoms with Crippen molar-refractivity contribution in [2.45, 2.75) is 31.8 Å². The normalized spacial score (nSPS) is 19.2. The number of hydrogen-bond donors (Lipinski definition) is 2. The molecular weight excluding hydrogens is 282 g/mol. The molecule has 1 fully saturated rings. The van der Waals surface area contributed by atoms with Crippen LogP contribution < -0.4 is 5.32 Å². The predicted octanol–water partition coefficient (Wildman–Crippen LogP) is 2.81. The molecule has 1 saturated heterocycles. The molecule has 0 aliphatic carbocycles. The Balaban J connectivity index is 1.99. The summed E-state index contributed by atoms with van der Waals surface area (Å²) in [7, 11) is 0. The van der Waals surface area contributed by atoms with Gasteiger partial charge in [-0.05, 0) is 41.8 Å². The van der Waals surface area contributed by atoms with E-state index in [0.29, 0.717) is 12.3 Å². The molecule has 1 aromatic rings. The van der Waals surface area contributed by atoms with Crippen molar-refractivity contribution in [3.05, 3.63) is 28.2 Å². The van der Waals surface area contributed by atoms with Crippen LogP contribution in [-0.4, -0.2) is 23.9 Å². The van der Waals surface area contributed by atoms with Crippen LogP contribution in [0.15, 0.2) is 22.7 Å². The van der Waals surface area contributed by atoms with Gasteiger partial charge in [0.15, 0.2) is 0 Å². The zero-order chi connectivity index (χ0) is 12.3. The zero-order valence-corrected chi connectivity index (χ0v) is 11.6. The summed E-state index contributed by atoms with van der Waals surface area (Å²) in [4.78, 5) is 0. The first-order valence-electron chi connectivity index (χ1n) is 5.90. The molecule has 0 unspecified atom stereocenters. The quantitative estimate of drug-likeness (QED) is 0.902. The number of halogens is 1. The van der Waals surface area contributed by atoms with Gasteiger partial charge in [0.1, 0.15) is 5.75 Å². The Kier molecular flexibility index (Phi) is 4.07. The van der Waals surface area contributed by atoms with Gasteiger partial charge in [-0.2, -0.15) is 0 Å². The van der Waals surface area contributed by atoms with Crippen molar-refractivity contribution in [1.29, 1.82) is 0 Å². The molecule has 0 aromatic heterocycles. The number of phenolic OH excluding ortho intramolecular Hbond substituents is 1. The molecule has 94 valence electrons. The predicted molar refractivity (Wildman–Crippen MR) is 71.1 cm³/mol. The summed E-state index contributed by atoms with van der Waals surface area (Å²) >= 11 is 3.33. The van der Waals surface area contributed by atoms with Crippen LogP contribution >= 0.6 is 15.9 Å². The van der Waals surface area contributed by atoms with E-state index in [9.17, 15) is 5.11 Å². The molecule has 3 nitrogen and oxygen atoms in total.